The number of carbonyl (C=O) groups excluding carboxylic acids is 2. The maximum atomic E-state index is 13.8. The van der Waals surface area contributed by atoms with Gasteiger partial charge >= 0.3 is 0 Å². The van der Waals surface area contributed by atoms with Crippen molar-refractivity contribution in [2.75, 3.05) is 19.7 Å². The minimum absolute atomic E-state index is 0.0219. The molecule has 5 nitrogen and oxygen atoms in total. The number of benzene rings is 1. The Balaban J connectivity index is 1.31. The zero-order valence-corrected chi connectivity index (χ0v) is 16.8. The SMILES string of the molecule is Cc1ccc(F)c(OCC(=O)N2CC3(CNC(=O)C4[C@@H](C)[C@H]4C)CCC2C3)c1. The van der Waals surface area contributed by atoms with E-state index < -0.39 is 5.82 Å². The van der Waals surface area contributed by atoms with Gasteiger partial charge in [0.2, 0.25) is 5.91 Å². The Kier molecular flexibility index (Phi) is 4.84. The molecule has 1 aromatic rings. The average molecular weight is 388 g/mol. The molecule has 28 heavy (non-hydrogen) atoms. The molecule has 3 unspecified atom stereocenters. The van der Waals surface area contributed by atoms with E-state index in [1.54, 1.807) is 12.1 Å². The molecule has 0 aromatic heterocycles. The number of piperidine rings is 1. The second-order valence-electron chi connectivity index (χ2n) is 9.10. The zero-order chi connectivity index (χ0) is 20.1. The predicted octanol–water partition coefficient (Wildman–Crippen LogP) is 2.91. The fraction of sp³-hybridized carbons (Fsp3) is 0.636. The molecule has 4 rings (SSSR count). The van der Waals surface area contributed by atoms with E-state index in [-0.39, 0.29) is 41.5 Å². The highest BCUT2D eigenvalue weighted by molar-refractivity contribution is 5.82. The Bertz CT molecular complexity index is 790. The van der Waals surface area contributed by atoms with Crippen molar-refractivity contribution in [3.63, 3.8) is 0 Å². The summed E-state index contributed by atoms with van der Waals surface area (Å²) in [6, 6.07) is 4.83. The van der Waals surface area contributed by atoms with Crippen LogP contribution in [0.3, 0.4) is 0 Å². The molecule has 6 heteroatoms. The minimum Gasteiger partial charge on any atom is -0.481 e. The molecule has 5 atom stereocenters. The zero-order valence-electron chi connectivity index (χ0n) is 16.8. The number of aryl methyl sites for hydroxylation is 1. The number of halogens is 1. The van der Waals surface area contributed by atoms with Crippen LogP contribution in [0.5, 0.6) is 5.75 Å². The number of fused-ring (bicyclic) bond motifs is 2. The van der Waals surface area contributed by atoms with Crippen molar-refractivity contribution in [1.29, 1.82) is 0 Å². The molecular weight excluding hydrogens is 359 g/mol. The number of rotatable bonds is 6. The van der Waals surface area contributed by atoms with E-state index in [1.165, 1.54) is 6.07 Å². The molecule has 3 fully saturated rings. The van der Waals surface area contributed by atoms with Gasteiger partial charge in [0.1, 0.15) is 0 Å². The van der Waals surface area contributed by atoms with Gasteiger partial charge in [-0.3, -0.25) is 9.59 Å². The lowest BCUT2D eigenvalue weighted by Gasteiger charge is -2.32. The van der Waals surface area contributed by atoms with Crippen LogP contribution in [-0.4, -0.2) is 42.5 Å². The van der Waals surface area contributed by atoms with Crippen LogP contribution in [0, 0.1) is 35.9 Å². The minimum atomic E-state index is -0.455. The van der Waals surface area contributed by atoms with Crippen molar-refractivity contribution in [2.24, 2.45) is 23.2 Å². The Morgan fingerprint density at radius 1 is 1.32 bits per heavy atom. The van der Waals surface area contributed by atoms with Crippen molar-refractivity contribution in [2.45, 2.75) is 46.1 Å². The highest BCUT2D eigenvalue weighted by atomic mass is 19.1. The number of nitrogens with zero attached hydrogens (tertiary/aromatic N) is 1. The largest absolute Gasteiger partial charge is 0.481 e. The summed E-state index contributed by atoms with van der Waals surface area (Å²) in [5.74, 6) is 0.787. The molecule has 1 N–H and O–H groups in total. The van der Waals surface area contributed by atoms with Crippen LogP contribution in [0.25, 0.3) is 0 Å². The standard InChI is InChI=1S/C22H29FN2O3/c1-13-4-5-17(23)18(8-13)28-10-19(26)25-12-22(7-6-16(25)9-22)11-24-21(27)20-14(2)15(20)3/h4-5,8,14-16,20H,6-7,9-12H2,1-3H3,(H,24,27)/t14-,15+,16?,20?,22?. The third-order valence-electron chi connectivity index (χ3n) is 7.14. The van der Waals surface area contributed by atoms with Crippen molar-refractivity contribution in [1.82, 2.24) is 10.2 Å². The Morgan fingerprint density at radius 3 is 2.79 bits per heavy atom. The maximum absolute atomic E-state index is 13.8. The molecule has 0 radical (unpaired) electrons. The summed E-state index contributed by atoms with van der Waals surface area (Å²) in [5.41, 5.74) is 0.865. The molecule has 152 valence electrons. The Hall–Kier alpha value is -2.11. The topological polar surface area (TPSA) is 58.6 Å². The van der Waals surface area contributed by atoms with Crippen molar-refractivity contribution >= 4 is 11.8 Å². The van der Waals surface area contributed by atoms with Gasteiger partial charge in [0.05, 0.1) is 0 Å². The van der Waals surface area contributed by atoms with Gasteiger partial charge < -0.3 is 15.0 Å². The smallest absolute Gasteiger partial charge is 0.260 e. The Morgan fingerprint density at radius 2 is 2.07 bits per heavy atom. The van der Waals surface area contributed by atoms with Crippen LogP contribution in [0.1, 0.15) is 38.7 Å². The summed E-state index contributed by atoms with van der Waals surface area (Å²) in [6.45, 7) is 7.21. The molecule has 2 aliphatic carbocycles. The summed E-state index contributed by atoms with van der Waals surface area (Å²) >= 11 is 0. The van der Waals surface area contributed by atoms with Crippen LogP contribution < -0.4 is 10.1 Å². The fourth-order valence-corrected chi connectivity index (χ4v) is 5.06. The van der Waals surface area contributed by atoms with Crippen LogP contribution in [0.2, 0.25) is 0 Å². The third-order valence-corrected chi connectivity index (χ3v) is 7.14. The number of nitrogens with one attached hydrogen (secondary N) is 1. The van der Waals surface area contributed by atoms with E-state index in [4.69, 9.17) is 4.74 Å². The summed E-state index contributed by atoms with van der Waals surface area (Å²) in [4.78, 5) is 26.9. The number of likely N-dealkylation sites (tertiary alicyclic amines) is 1. The molecule has 1 heterocycles. The van der Waals surface area contributed by atoms with Gasteiger partial charge in [0.25, 0.3) is 5.91 Å². The van der Waals surface area contributed by atoms with Crippen LogP contribution >= 0.6 is 0 Å². The second-order valence-corrected chi connectivity index (χ2v) is 9.10. The molecule has 0 spiro atoms. The molecule has 1 aromatic carbocycles. The molecule has 2 bridgehead atoms. The summed E-state index contributed by atoms with van der Waals surface area (Å²) < 4.78 is 19.3. The lowest BCUT2D eigenvalue weighted by Crippen LogP contribution is -2.45. The van der Waals surface area contributed by atoms with Crippen molar-refractivity contribution in [3.8, 4) is 5.75 Å². The predicted molar refractivity (Wildman–Crippen MR) is 103 cm³/mol. The number of amides is 2. The van der Waals surface area contributed by atoms with Gasteiger partial charge in [-0.2, -0.15) is 0 Å². The lowest BCUT2D eigenvalue weighted by molar-refractivity contribution is -0.135. The first-order valence-corrected chi connectivity index (χ1v) is 10.3. The normalized spacial score (nSPS) is 33.1. The van der Waals surface area contributed by atoms with E-state index in [9.17, 15) is 14.0 Å². The van der Waals surface area contributed by atoms with Crippen molar-refractivity contribution in [3.05, 3.63) is 29.6 Å². The summed E-state index contributed by atoms with van der Waals surface area (Å²) in [6.07, 6.45) is 2.91. The van der Waals surface area contributed by atoms with E-state index in [0.717, 1.165) is 24.8 Å². The van der Waals surface area contributed by atoms with Gasteiger partial charge in [-0.1, -0.05) is 19.9 Å². The van der Waals surface area contributed by atoms with Gasteiger partial charge in [-0.15, -0.1) is 0 Å². The summed E-state index contributed by atoms with van der Waals surface area (Å²) in [7, 11) is 0. The maximum Gasteiger partial charge on any atom is 0.260 e. The monoisotopic (exact) mass is 388 g/mol. The number of hydrogen-bond acceptors (Lipinski definition) is 3. The van der Waals surface area contributed by atoms with Gasteiger partial charge in [0.15, 0.2) is 18.2 Å². The first-order valence-electron chi connectivity index (χ1n) is 10.3. The highest BCUT2D eigenvalue weighted by Gasteiger charge is 2.52. The van der Waals surface area contributed by atoms with E-state index in [0.29, 0.717) is 24.9 Å². The molecule has 3 aliphatic rings. The first-order chi connectivity index (χ1) is 13.3. The molecule has 2 saturated carbocycles. The average Bonchev–Trinajstić information content (AvgIpc) is 3.03. The van der Waals surface area contributed by atoms with E-state index in [2.05, 4.69) is 19.2 Å². The first kappa shape index (κ1) is 19.2. The van der Waals surface area contributed by atoms with E-state index >= 15 is 0 Å². The molecule has 1 aliphatic heterocycles. The number of hydrogen-bond donors (Lipinski definition) is 1. The van der Waals surface area contributed by atoms with Crippen LogP contribution in [0.4, 0.5) is 4.39 Å². The van der Waals surface area contributed by atoms with Crippen LogP contribution in [0.15, 0.2) is 18.2 Å². The molecule has 1 saturated heterocycles. The molecule has 2 amide bonds. The van der Waals surface area contributed by atoms with Gasteiger partial charge in [-0.05, 0) is 55.7 Å². The number of carbonyl (C=O) groups is 2. The summed E-state index contributed by atoms with van der Waals surface area (Å²) in [5, 5.41) is 3.14. The van der Waals surface area contributed by atoms with Gasteiger partial charge in [0, 0.05) is 30.5 Å². The van der Waals surface area contributed by atoms with Crippen molar-refractivity contribution < 1.29 is 18.7 Å². The quantitative estimate of drug-likeness (QED) is 0.815. The van der Waals surface area contributed by atoms with E-state index in [1.807, 2.05) is 11.8 Å². The third kappa shape index (κ3) is 3.49. The fourth-order valence-electron chi connectivity index (χ4n) is 5.06. The Labute approximate surface area is 165 Å². The number of ether oxygens (including phenoxy) is 1. The van der Waals surface area contributed by atoms with Gasteiger partial charge in [-0.25, -0.2) is 4.39 Å². The second kappa shape index (κ2) is 7.05. The highest BCUT2D eigenvalue weighted by Crippen LogP contribution is 2.48. The van der Waals surface area contributed by atoms with Crippen LogP contribution in [-0.2, 0) is 9.59 Å². The molecular formula is C22H29FN2O3. The lowest BCUT2D eigenvalue weighted by atomic mass is 9.87.